The van der Waals surface area contributed by atoms with Crippen molar-refractivity contribution in [3.8, 4) is 5.75 Å². The van der Waals surface area contributed by atoms with Gasteiger partial charge in [-0.2, -0.15) is 13.2 Å². The van der Waals surface area contributed by atoms with Crippen LogP contribution in [-0.4, -0.2) is 49.3 Å². The molecule has 3 rings (SSSR count). The summed E-state index contributed by atoms with van der Waals surface area (Å²) < 4.78 is 58.4. The van der Waals surface area contributed by atoms with Crippen LogP contribution in [0.15, 0.2) is 35.4 Å². The monoisotopic (exact) mass is 457 g/mol. The van der Waals surface area contributed by atoms with E-state index in [0.717, 1.165) is 43.1 Å². The highest BCUT2D eigenvalue weighted by atomic mass is 32.2. The second-order valence-electron chi connectivity index (χ2n) is 7.49. The van der Waals surface area contributed by atoms with Gasteiger partial charge in [-0.1, -0.05) is 0 Å². The number of nitrogens with one attached hydrogen (secondary N) is 1. The van der Waals surface area contributed by atoms with Gasteiger partial charge < -0.3 is 15.0 Å². The van der Waals surface area contributed by atoms with Crippen molar-refractivity contribution < 1.29 is 27.1 Å². The highest BCUT2D eigenvalue weighted by Crippen LogP contribution is 2.39. The van der Waals surface area contributed by atoms with E-state index >= 15 is 0 Å². The molecule has 168 valence electrons. The number of likely N-dealkylation sites (tertiary alicyclic amines) is 1. The van der Waals surface area contributed by atoms with Crippen molar-refractivity contribution >= 4 is 17.7 Å². The van der Waals surface area contributed by atoms with Crippen LogP contribution < -0.4 is 10.1 Å². The van der Waals surface area contributed by atoms with E-state index in [0.29, 0.717) is 18.7 Å². The number of thioether (sulfide) groups is 1. The molecule has 0 radical (unpaired) electrons. The topological polar surface area (TPSA) is 54.5 Å². The van der Waals surface area contributed by atoms with Crippen LogP contribution in [0.4, 0.5) is 17.6 Å². The molecule has 0 saturated carbocycles. The Bertz CT molecular complexity index is 928. The molecule has 1 saturated heterocycles. The number of rotatable bonds is 5. The van der Waals surface area contributed by atoms with E-state index < -0.39 is 29.0 Å². The number of piperidine rings is 1. The van der Waals surface area contributed by atoms with E-state index in [1.165, 1.54) is 19.2 Å². The lowest BCUT2D eigenvalue weighted by atomic mass is 9.85. The maximum atomic E-state index is 13.4. The number of hydrogen-bond donors (Lipinski definition) is 1. The van der Waals surface area contributed by atoms with Crippen molar-refractivity contribution in [2.75, 3.05) is 33.5 Å². The van der Waals surface area contributed by atoms with Crippen LogP contribution in [0.2, 0.25) is 0 Å². The first-order valence-corrected chi connectivity index (χ1v) is 10.8. The van der Waals surface area contributed by atoms with Crippen LogP contribution in [0.3, 0.4) is 0 Å². The van der Waals surface area contributed by atoms with Crippen LogP contribution in [0, 0.1) is 5.82 Å². The average molecular weight is 457 g/mol. The third kappa shape index (κ3) is 4.95. The number of pyridine rings is 1. The first-order chi connectivity index (χ1) is 14.6. The molecule has 1 aromatic heterocycles. The first kappa shape index (κ1) is 23.3. The third-order valence-corrected chi connectivity index (χ3v) is 6.08. The molecule has 2 aromatic rings. The van der Waals surface area contributed by atoms with Crippen molar-refractivity contribution in [3.05, 3.63) is 53.1 Å². The fraction of sp³-hybridized carbons (Fsp3) is 0.429. The number of amides is 1. The number of alkyl halides is 3. The minimum Gasteiger partial charge on any atom is -0.496 e. The van der Waals surface area contributed by atoms with Gasteiger partial charge in [0, 0.05) is 11.4 Å². The van der Waals surface area contributed by atoms with Gasteiger partial charge in [-0.15, -0.1) is 11.8 Å². The average Bonchev–Trinajstić information content (AvgIpc) is 2.72. The zero-order valence-electron chi connectivity index (χ0n) is 17.3. The van der Waals surface area contributed by atoms with Gasteiger partial charge in [0.15, 0.2) is 0 Å². The highest BCUT2D eigenvalue weighted by molar-refractivity contribution is 7.98. The Balaban J connectivity index is 2.05. The molecule has 1 aliphatic rings. The summed E-state index contributed by atoms with van der Waals surface area (Å²) in [7, 11) is 3.12. The smallest absolute Gasteiger partial charge is 0.416 e. The van der Waals surface area contributed by atoms with E-state index in [2.05, 4.69) is 10.3 Å². The molecule has 10 heteroatoms. The van der Waals surface area contributed by atoms with Crippen LogP contribution in [-0.2, 0) is 11.7 Å². The fourth-order valence-corrected chi connectivity index (χ4v) is 4.53. The van der Waals surface area contributed by atoms with E-state index in [9.17, 15) is 22.4 Å². The second-order valence-corrected chi connectivity index (χ2v) is 8.34. The minimum absolute atomic E-state index is 0.0257. The molecule has 31 heavy (non-hydrogen) atoms. The van der Waals surface area contributed by atoms with Gasteiger partial charge in [0.25, 0.3) is 5.91 Å². The number of benzene rings is 1. The molecule has 0 spiro atoms. The largest absolute Gasteiger partial charge is 0.496 e. The summed E-state index contributed by atoms with van der Waals surface area (Å²) in [5, 5.41) is 2.98. The summed E-state index contributed by atoms with van der Waals surface area (Å²) in [6.07, 6.45) is -0.575. The van der Waals surface area contributed by atoms with E-state index in [1.807, 2.05) is 11.9 Å². The van der Waals surface area contributed by atoms with Crippen LogP contribution in [0.25, 0.3) is 0 Å². The Morgan fingerprint density at radius 3 is 2.61 bits per heavy atom. The maximum absolute atomic E-state index is 13.4. The SMILES string of the molecule is COc1cc(C(F)(F)F)cc(SC)c1C(=O)NC1(c2ccc(F)cn2)CCCN(C)C1. The Kier molecular flexibility index (Phi) is 6.80. The summed E-state index contributed by atoms with van der Waals surface area (Å²) in [4.78, 5) is 19.7. The molecule has 1 aromatic carbocycles. The van der Waals surface area contributed by atoms with Crippen molar-refractivity contribution in [2.45, 2.75) is 29.5 Å². The summed E-state index contributed by atoms with van der Waals surface area (Å²) >= 11 is 1.03. The molecule has 1 fully saturated rings. The zero-order chi connectivity index (χ0) is 22.8. The summed E-state index contributed by atoms with van der Waals surface area (Å²) in [5.41, 5.74) is -1.29. The van der Waals surface area contributed by atoms with Gasteiger partial charge >= 0.3 is 6.18 Å². The van der Waals surface area contributed by atoms with Crippen LogP contribution in [0.1, 0.15) is 34.5 Å². The maximum Gasteiger partial charge on any atom is 0.416 e. The normalized spacial score (nSPS) is 19.8. The number of carbonyl (C=O) groups excluding carboxylic acids is 1. The Hall–Kier alpha value is -2.33. The summed E-state index contributed by atoms with van der Waals surface area (Å²) in [5.74, 6) is -1.23. The molecule has 1 unspecified atom stereocenters. The van der Waals surface area contributed by atoms with Crippen molar-refractivity contribution in [2.24, 2.45) is 0 Å². The van der Waals surface area contributed by atoms with Gasteiger partial charge in [-0.05, 0) is 57.0 Å². The van der Waals surface area contributed by atoms with Crippen molar-refractivity contribution in [1.29, 1.82) is 0 Å². The Labute approximate surface area is 182 Å². The molecule has 0 bridgehead atoms. The number of carbonyl (C=O) groups is 1. The highest BCUT2D eigenvalue weighted by Gasteiger charge is 2.40. The molecule has 0 aliphatic carbocycles. The van der Waals surface area contributed by atoms with E-state index in [-0.39, 0.29) is 16.2 Å². The van der Waals surface area contributed by atoms with E-state index in [1.54, 1.807) is 6.26 Å². The molecular formula is C21H23F4N3O2S. The van der Waals surface area contributed by atoms with Gasteiger partial charge in [0.1, 0.15) is 11.6 Å². The number of nitrogens with zero attached hydrogens (tertiary/aromatic N) is 2. The van der Waals surface area contributed by atoms with Crippen LogP contribution in [0.5, 0.6) is 5.75 Å². The van der Waals surface area contributed by atoms with Gasteiger partial charge in [-0.3, -0.25) is 9.78 Å². The molecule has 1 N–H and O–H groups in total. The third-order valence-electron chi connectivity index (χ3n) is 5.31. The number of hydrogen-bond acceptors (Lipinski definition) is 5. The molecular weight excluding hydrogens is 434 g/mol. The number of likely N-dealkylation sites (N-methyl/N-ethyl adjacent to an activating group) is 1. The summed E-state index contributed by atoms with van der Waals surface area (Å²) in [6.45, 7) is 1.24. The number of ether oxygens (including phenoxy) is 1. The Morgan fingerprint density at radius 1 is 1.32 bits per heavy atom. The predicted molar refractivity (Wildman–Crippen MR) is 110 cm³/mol. The lowest BCUT2D eigenvalue weighted by Crippen LogP contribution is -2.56. The second kappa shape index (κ2) is 9.04. The number of aromatic nitrogens is 1. The molecule has 1 atom stereocenters. The Morgan fingerprint density at radius 2 is 2.06 bits per heavy atom. The van der Waals surface area contributed by atoms with Gasteiger partial charge in [0.05, 0.1) is 35.7 Å². The molecule has 1 aliphatic heterocycles. The quantitative estimate of drug-likeness (QED) is 0.535. The lowest BCUT2D eigenvalue weighted by Gasteiger charge is -2.41. The first-order valence-electron chi connectivity index (χ1n) is 9.56. The molecule has 1 amide bonds. The standard InChI is InChI=1S/C21H23F4N3O2S/c1-28-8-4-7-20(12-28,17-6-5-14(22)11-26-17)27-19(29)18-15(30-2)9-13(21(23,24)25)10-16(18)31-3/h5-6,9-11H,4,7-8,12H2,1-3H3,(H,27,29). The van der Waals surface area contributed by atoms with Crippen LogP contribution >= 0.6 is 11.8 Å². The predicted octanol–water partition coefficient (Wildman–Crippen LogP) is 4.32. The lowest BCUT2D eigenvalue weighted by molar-refractivity contribution is -0.137. The van der Waals surface area contributed by atoms with Gasteiger partial charge in [-0.25, -0.2) is 4.39 Å². The van der Waals surface area contributed by atoms with Crippen molar-refractivity contribution in [3.63, 3.8) is 0 Å². The van der Waals surface area contributed by atoms with E-state index in [4.69, 9.17) is 4.74 Å². The number of halogens is 4. The minimum atomic E-state index is -4.57. The summed E-state index contributed by atoms with van der Waals surface area (Å²) in [6, 6.07) is 4.56. The molecule has 2 heterocycles. The zero-order valence-corrected chi connectivity index (χ0v) is 18.2. The number of methoxy groups -OCH3 is 1. The molecule has 5 nitrogen and oxygen atoms in total. The fourth-order valence-electron chi connectivity index (χ4n) is 3.88. The van der Waals surface area contributed by atoms with Crippen molar-refractivity contribution in [1.82, 2.24) is 15.2 Å². The van der Waals surface area contributed by atoms with Gasteiger partial charge in [0.2, 0.25) is 0 Å².